The van der Waals surface area contributed by atoms with Gasteiger partial charge in [-0.3, -0.25) is 9.08 Å². The molecule has 1 unspecified atom stereocenters. The predicted octanol–water partition coefficient (Wildman–Crippen LogP) is 3.64. The number of anilines is 2. The van der Waals surface area contributed by atoms with Crippen molar-refractivity contribution >= 4 is 17.4 Å². The SMILES string of the molecule is CCC(C)CCc1nnc2cc(-c3ccnc(Nc4ccnn4C)n3)ccn12. The van der Waals surface area contributed by atoms with E-state index in [0.29, 0.717) is 11.9 Å². The zero-order valence-electron chi connectivity index (χ0n) is 16.4. The fraction of sp³-hybridized carbons (Fsp3) is 0.350. The van der Waals surface area contributed by atoms with Crippen molar-refractivity contribution in [2.24, 2.45) is 13.0 Å². The summed E-state index contributed by atoms with van der Waals surface area (Å²) in [6, 6.07) is 7.81. The highest BCUT2D eigenvalue weighted by Crippen LogP contribution is 2.21. The lowest BCUT2D eigenvalue weighted by Gasteiger charge is -2.08. The molecule has 1 atom stereocenters. The lowest BCUT2D eigenvalue weighted by atomic mass is 10.0. The van der Waals surface area contributed by atoms with Crippen LogP contribution in [-0.2, 0) is 13.5 Å². The first kappa shape index (κ1) is 18.1. The lowest BCUT2D eigenvalue weighted by Crippen LogP contribution is -2.03. The highest BCUT2D eigenvalue weighted by Gasteiger charge is 2.10. The summed E-state index contributed by atoms with van der Waals surface area (Å²) in [6.07, 6.45) is 8.73. The molecule has 8 nitrogen and oxygen atoms in total. The van der Waals surface area contributed by atoms with E-state index in [-0.39, 0.29) is 0 Å². The van der Waals surface area contributed by atoms with Crippen molar-refractivity contribution in [1.82, 2.24) is 34.3 Å². The van der Waals surface area contributed by atoms with Crippen LogP contribution in [0, 0.1) is 5.92 Å². The van der Waals surface area contributed by atoms with E-state index in [1.807, 2.05) is 37.5 Å². The molecule has 0 bridgehead atoms. The van der Waals surface area contributed by atoms with Crippen LogP contribution in [0.25, 0.3) is 16.9 Å². The van der Waals surface area contributed by atoms with Crippen molar-refractivity contribution in [2.45, 2.75) is 33.1 Å². The third-order valence-electron chi connectivity index (χ3n) is 5.05. The van der Waals surface area contributed by atoms with E-state index in [4.69, 9.17) is 0 Å². The second-order valence-corrected chi connectivity index (χ2v) is 7.04. The van der Waals surface area contributed by atoms with Crippen molar-refractivity contribution in [2.75, 3.05) is 5.32 Å². The topological polar surface area (TPSA) is 85.8 Å². The standard InChI is InChI=1S/C20H24N8/c1-4-14(2)5-6-18-25-26-19-13-15(9-12-28(18)19)16-7-10-21-20(23-16)24-17-8-11-22-27(17)3/h7-14H,4-6H2,1-3H3,(H,21,23,24). The summed E-state index contributed by atoms with van der Waals surface area (Å²) in [5.41, 5.74) is 2.63. The number of aromatic nitrogens is 7. The second kappa shape index (κ2) is 7.75. The van der Waals surface area contributed by atoms with Crippen molar-refractivity contribution in [1.29, 1.82) is 0 Å². The van der Waals surface area contributed by atoms with E-state index in [0.717, 1.165) is 41.4 Å². The molecule has 0 amide bonds. The van der Waals surface area contributed by atoms with Crippen LogP contribution >= 0.6 is 0 Å². The van der Waals surface area contributed by atoms with E-state index >= 15 is 0 Å². The first-order valence-electron chi connectivity index (χ1n) is 9.56. The summed E-state index contributed by atoms with van der Waals surface area (Å²) in [5, 5.41) is 16.0. The van der Waals surface area contributed by atoms with Gasteiger partial charge in [0.2, 0.25) is 5.95 Å². The molecule has 28 heavy (non-hydrogen) atoms. The quantitative estimate of drug-likeness (QED) is 0.530. The van der Waals surface area contributed by atoms with E-state index in [1.54, 1.807) is 17.1 Å². The first-order chi connectivity index (χ1) is 13.6. The molecule has 144 valence electrons. The largest absolute Gasteiger partial charge is 0.309 e. The van der Waals surface area contributed by atoms with Gasteiger partial charge in [0.05, 0.1) is 11.9 Å². The minimum absolute atomic E-state index is 0.525. The van der Waals surface area contributed by atoms with Crippen LogP contribution in [-0.4, -0.2) is 34.3 Å². The Hall–Kier alpha value is -3.29. The zero-order chi connectivity index (χ0) is 19.5. The van der Waals surface area contributed by atoms with E-state index in [9.17, 15) is 0 Å². The van der Waals surface area contributed by atoms with E-state index in [2.05, 4.69) is 48.8 Å². The molecule has 0 aliphatic rings. The molecule has 0 aromatic carbocycles. The molecule has 0 radical (unpaired) electrons. The van der Waals surface area contributed by atoms with Crippen molar-refractivity contribution in [3.8, 4) is 11.3 Å². The maximum Gasteiger partial charge on any atom is 0.228 e. The van der Waals surface area contributed by atoms with Gasteiger partial charge in [-0.05, 0) is 30.5 Å². The van der Waals surface area contributed by atoms with Gasteiger partial charge in [-0.1, -0.05) is 20.3 Å². The fourth-order valence-electron chi connectivity index (χ4n) is 3.04. The summed E-state index contributed by atoms with van der Waals surface area (Å²) >= 11 is 0. The molecule has 8 heteroatoms. The van der Waals surface area contributed by atoms with Crippen LogP contribution in [0.1, 0.15) is 32.5 Å². The summed E-state index contributed by atoms with van der Waals surface area (Å²) in [6.45, 7) is 4.49. The van der Waals surface area contributed by atoms with Crippen molar-refractivity contribution in [3.63, 3.8) is 0 Å². The number of hydrogen-bond donors (Lipinski definition) is 1. The van der Waals surface area contributed by atoms with Gasteiger partial charge in [-0.2, -0.15) is 5.10 Å². The smallest absolute Gasteiger partial charge is 0.228 e. The molecule has 4 heterocycles. The maximum absolute atomic E-state index is 4.62. The van der Waals surface area contributed by atoms with Gasteiger partial charge in [0.1, 0.15) is 11.6 Å². The summed E-state index contributed by atoms with van der Waals surface area (Å²) in [7, 11) is 1.87. The third kappa shape index (κ3) is 3.71. The van der Waals surface area contributed by atoms with Crippen LogP contribution in [0.3, 0.4) is 0 Å². The number of aryl methyl sites for hydroxylation is 2. The molecular formula is C20H24N8. The number of rotatable bonds is 7. The van der Waals surface area contributed by atoms with Crippen LogP contribution in [0.15, 0.2) is 42.9 Å². The minimum Gasteiger partial charge on any atom is -0.309 e. The predicted molar refractivity (Wildman–Crippen MR) is 108 cm³/mol. The second-order valence-electron chi connectivity index (χ2n) is 7.04. The molecule has 0 aliphatic heterocycles. The molecular weight excluding hydrogens is 352 g/mol. The monoisotopic (exact) mass is 376 g/mol. The Kier molecular flexibility index (Phi) is 5.01. The van der Waals surface area contributed by atoms with Gasteiger partial charge in [0, 0.05) is 37.5 Å². The van der Waals surface area contributed by atoms with E-state index in [1.165, 1.54) is 6.42 Å². The molecule has 0 fully saturated rings. The Bertz CT molecular complexity index is 1080. The minimum atomic E-state index is 0.525. The number of hydrogen-bond acceptors (Lipinski definition) is 6. The van der Waals surface area contributed by atoms with Crippen LogP contribution in [0.5, 0.6) is 0 Å². The highest BCUT2D eigenvalue weighted by atomic mass is 15.3. The third-order valence-corrected chi connectivity index (χ3v) is 5.05. The molecule has 1 N–H and O–H groups in total. The van der Waals surface area contributed by atoms with Gasteiger partial charge < -0.3 is 5.32 Å². The van der Waals surface area contributed by atoms with Gasteiger partial charge in [-0.15, -0.1) is 10.2 Å². The summed E-state index contributed by atoms with van der Waals surface area (Å²) < 4.78 is 3.79. The maximum atomic E-state index is 4.62. The molecule has 4 aromatic rings. The lowest BCUT2D eigenvalue weighted by molar-refractivity contribution is 0.508. The van der Waals surface area contributed by atoms with Gasteiger partial charge in [-0.25, -0.2) is 9.97 Å². The molecule has 0 saturated carbocycles. The van der Waals surface area contributed by atoms with Gasteiger partial charge in [0.25, 0.3) is 0 Å². The molecule has 0 spiro atoms. The summed E-state index contributed by atoms with van der Waals surface area (Å²) in [5.74, 6) is 3.05. The molecule has 4 rings (SSSR count). The number of nitrogens with one attached hydrogen (secondary N) is 1. The Labute approximate surface area is 163 Å². The highest BCUT2D eigenvalue weighted by molar-refractivity contribution is 5.65. The molecule has 0 aliphatic carbocycles. The van der Waals surface area contributed by atoms with Crippen LogP contribution in [0.4, 0.5) is 11.8 Å². The van der Waals surface area contributed by atoms with Crippen molar-refractivity contribution < 1.29 is 0 Å². The van der Waals surface area contributed by atoms with E-state index < -0.39 is 0 Å². The number of nitrogens with zero attached hydrogens (tertiary/aromatic N) is 7. The molecule has 4 aromatic heterocycles. The number of pyridine rings is 1. The van der Waals surface area contributed by atoms with Gasteiger partial charge >= 0.3 is 0 Å². The average molecular weight is 376 g/mol. The fourth-order valence-corrected chi connectivity index (χ4v) is 3.04. The Balaban J connectivity index is 1.57. The zero-order valence-corrected chi connectivity index (χ0v) is 16.4. The molecule has 0 saturated heterocycles. The Morgan fingerprint density at radius 2 is 2.04 bits per heavy atom. The van der Waals surface area contributed by atoms with Crippen molar-refractivity contribution in [3.05, 3.63) is 48.7 Å². The summed E-state index contributed by atoms with van der Waals surface area (Å²) in [4.78, 5) is 8.92. The Morgan fingerprint density at radius 1 is 1.14 bits per heavy atom. The normalized spacial score (nSPS) is 12.4. The Morgan fingerprint density at radius 3 is 2.82 bits per heavy atom. The first-order valence-corrected chi connectivity index (χ1v) is 9.56. The number of fused-ring (bicyclic) bond motifs is 1. The van der Waals surface area contributed by atoms with Gasteiger partial charge in [0.15, 0.2) is 5.65 Å². The van der Waals surface area contributed by atoms with Crippen LogP contribution < -0.4 is 5.32 Å². The average Bonchev–Trinajstić information content (AvgIpc) is 3.32. The van der Waals surface area contributed by atoms with Crippen LogP contribution in [0.2, 0.25) is 0 Å².